The van der Waals surface area contributed by atoms with Gasteiger partial charge >= 0.3 is 23.8 Å². The number of nitrogens with zero attached hydrogens (tertiary/aromatic N) is 2. The normalized spacial score (nSPS) is 21.0. The molecule has 1 amide bonds. The van der Waals surface area contributed by atoms with E-state index in [1.165, 1.54) is 0 Å². The number of hydrogen-bond acceptors (Lipinski definition) is 8. The van der Waals surface area contributed by atoms with Crippen LogP contribution >= 0.6 is 0 Å². The minimum atomic E-state index is -0.461. The molecule has 2 aromatic rings. The quantitative estimate of drug-likeness (QED) is 0.632. The van der Waals surface area contributed by atoms with Crippen LogP contribution in [0.15, 0.2) is 28.7 Å². The van der Waals surface area contributed by atoms with Crippen LogP contribution in [0.4, 0.5) is 11.7 Å². The molecule has 0 atom stereocenters. The molecule has 1 heterocycles. The fourth-order valence-electron chi connectivity index (χ4n) is 3.45. The molecule has 0 unspecified atom stereocenters. The average molecular weight is 414 g/mol. The van der Waals surface area contributed by atoms with Crippen molar-refractivity contribution in [2.45, 2.75) is 57.6 Å². The molecule has 0 radical (unpaired) electrons. The molecule has 0 bridgehead atoms. The van der Waals surface area contributed by atoms with Gasteiger partial charge in [-0.25, -0.2) is 0 Å². The monoisotopic (exact) mass is 414 g/mol. The molecule has 9 nitrogen and oxygen atoms in total. The first-order valence-corrected chi connectivity index (χ1v) is 10.5. The molecule has 0 saturated heterocycles. The first-order valence-electron chi connectivity index (χ1n) is 10.5. The summed E-state index contributed by atoms with van der Waals surface area (Å²) >= 11 is 0. The summed E-state index contributed by atoms with van der Waals surface area (Å²) in [6.07, 6.45) is 5.41. The second-order valence-corrected chi connectivity index (χ2v) is 7.65. The van der Waals surface area contributed by atoms with Crippen molar-refractivity contribution in [1.29, 1.82) is 0 Å². The predicted octanol–water partition coefficient (Wildman–Crippen LogP) is 3.40. The van der Waals surface area contributed by atoms with Crippen LogP contribution in [0.5, 0.6) is 5.75 Å². The van der Waals surface area contributed by atoms with Crippen LogP contribution in [-0.2, 0) is 9.53 Å². The Labute approximate surface area is 174 Å². The molecule has 9 heteroatoms. The van der Waals surface area contributed by atoms with E-state index in [9.17, 15) is 9.59 Å². The van der Waals surface area contributed by atoms with E-state index in [1.54, 1.807) is 24.3 Å². The molecule has 30 heavy (non-hydrogen) atoms. The van der Waals surface area contributed by atoms with E-state index in [4.69, 9.17) is 13.9 Å². The minimum Gasteiger partial charge on any atom is -0.490 e. The summed E-state index contributed by atoms with van der Waals surface area (Å²) in [6.45, 7) is 2.24. The van der Waals surface area contributed by atoms with Crippen LogP contribution in [0.2, 0.25) is 0 Å². The van der Waals surface area contributed by atoms with E-state index in [-0.39, 0.29) is 29.9 Å². The van der Waals surface area contributed by atoms with Crippen molar-refractivity contribution in [2.24, 2.45) is 5.92 Å². The van der Waals surface area contributed by atoms with Crippen molar-refractivity contribution in [1.82, 2.24) is 10.2 Å². The SMILES string of the molecule is CCOC(=O)C1CCC(Oc2ccc(NC(=O)c3nnc(NC4CC4)o3)cc2)CC1. The van der Waals surface area contributed by atoms with Crippen molar-refractivity contribution < 1.29 is 23.5 Å². The molecule has 0 spiro atoms. The lowest BCUT2D eigenvalue weighted by Crippen LogP contribution is -2.29. The van der Waals surface area contributed by atoms with E-state index in [0.717, 1.165) is 44.3 Å². The fourth-order valence-corrected chi connectivity index (χ4v) is 3.45. The standard InChI is InChI=1S/C21H26N4O5/c1-2-28-20(27)13-3-9-16(10-4-13)29-17-11-7-14(8-12-17)22-18(26)19-24-25-21(30-19)23-15-5-6-15/h7-8,11-13,15-16H,2-6,9-10H2,1H3,(H,22,26)(H,23,25). The van der Waals surface area contributed by atoms with Gasteiger partial charge in [0.25, 0.3) is 0 Å². The van der Waals surface area contributed by atoms with Gasteiger partial charge in [0.15, 0.2) is 0 Å². The molecule has 2 aliphatic rings. The first kappa shape index (κ1) is 20.2. The van der Waals surface area contributed by atoms with Crippen LogP contribution in [0.1, 0.15) is 56.1 Å². The summed E-state index contributed by atoms with van der Waals surface area (Å²) in [5.74, 6) is 0.0512. The number of ether oxygens (including phenoxy) is 2. The van der Waals surface area contributed by atoms with Crippen molar-refractivity contribution in [3.05, 3.63) is 30.2 Å². The Hall–Kier alpha value is -3.10. The van der Waals surface area contributed by atoms with Gasteiger partial charge in [-0.05, 0) is 69.7 Å². The molecule has 2 aliphatic carbocycles. The Morgan fingerprint density at radius 1 is 1.07 bits per heavy atom. The lowest BCUT2D eigenvalue weighted by atomic mass is 9.87. The zero-order valence-corrected chi connectivity index (χ0v) is 16.9. The van der Waals surface area contributed by atoms with Gasteiger partial charge < -0.3 is 24.5 Å². The minimum absolute atomic E-state index is 0.0212. The van der Waals surface area contributed by atoms with Gasteiger partial charge in [0.1, 0.15) is 5.75 Å². The van der Waals surface area contributed by atoms with Crippen LogP contribution < -0.4 is 15.4 Å². The second-order valence-electron chi connectivity index (χ2n) is 7.65. The van der Waals surface area contributed by atoms with E-state index >= 15 is 0 Å². The van der Waals surface area contributed by atoms with Gasteiger partial charge in [0.2, 0.25) is 0 Å². The van der Waals surface area contributed by atoms with Gasteiger partial charge in [-0.3, -0.25) is 9.59 Å². The van der Waals surface area contributed by atoms with Gasteiger partial charge in [0.05, 0.1) is 18.6 Å². The van der Waals surface area contributed by atoms with E-state index in [1.807, 2.05) is 6.92 Å². The molecule has 2 N–H and O–H groups in total. The zero-order chi connectivity index (χ0) is 20.9. The van der Waals surface area contributed by atoms with Gasteiger partial charge in [-0.2, -0.15) is 0 Å². The number of carbonyl (C=O) groups is 2. The smallest absolute Gasteiger partial charge is 0.316 e. The number of benzene rings is 1. The highest BCUT2D eigenvalue weighted by Gasteiger charge is 2.28. The first-order chi connectivity index (χ1) is 14.6. The number of nitrogens with one attached hydrogen (secondary N) is 2. The number of anilines is 2. The third kappa shape index (κ3) is 5.28. The van der Waals surface area contributed by atoms with Crippen LogP contribution in [-0.4, -0.2) is 40.8 Å². The number of hydrogen-bond donors (Lipinski definition) is 2. The summed E-state index contributed by atoms with van der Waals surface area (Å²) in [6, 6.07) is 7.77. The fraction of sp³-hybridized carbons (Fsp3) is 0.524. The summed E-state index contributed by atoms with van der Waals surface area (Å²) in [7, 11) is 0. The molecule has 160 valence electrons. The number of amides is 1. The summed E-state index contributed by atoms with van der Waals surface area (Å²) in [5.41, 5.74) is 0.605. The average Bonchev–Trinajstić information content (AvgIpc) is 3.44. The third-order valence-corrected chi connectivity index (χ3v) is 5.23. The zero-order valence-electron chi connectivity index (χ0n) is 16.9. The molecular formula is C21H26N4O5. The molecule has 4 rings (SSSR count). The van der Waals surface area contributed by atoms with E-state index in [0.29, 0.717) is 18.3 Å². The molecule has 0 aliphatic heterocycles. The molecular weight excluding hydrogens is 388 g/mol. The molecule has 2 saturated carbocycles. The van der Waals surface area contributed by atoms with Crippen molar-refractivity contribution >= 4 is 23.6 Å². The second kappa shape index (κ2) is 9.15. The number of rotatable bonds is 8. The summed E-state index contributed by atoms with van der Waals surface area (Å²) < 4.78 is 16.5. The Bertz CT molecular complexity index is 870. The lowest BCUT2D eigenvalue weighted by Gasteiger charge is -2.27. The maximum atomic E-state index is 12.3. The predicted molar refractivity (Wildman–Crippen MR) is 108 cm³/mol. The summed E-state index contributed by atoms with van der Waals surface area (Å²) in [5, 5.41) is 13.4. The largest absolute Gasteiger partial charge is 0.490 e. The van der Waals surface area contributed by atoms with Gasteiger partial charge in [0, 0.05) is 11.7 Å². The van der Waals surface area contributed by atoms with Crippen molar-refractivity contribution in [3.63, 3.8) is 0 Å². The Morgan fingerprint density at radius 2 is 1.80 bits per heavy atom. The number of aromatic nitrogens is 2. The van der Waals surface area contributed by atoms with E-state index < -0.39 is 5.91 Å². The summed E-state index contributed by atoms with van der Waals surface area (Å²) in [4.78, 5) is 24.1. The van der Waals surface area contributed by atoms with Crippen LogP contribution in [0, 0.1) is 5.92 Å². The van der Waals surface area contributed by atoms with Gasteiger partial charge in [-0.1, -0.05) is 5.10 Å². The van der Waals surface area contributed by atoms with Crippen LogP contribution in [0.25, 0.3) is 0 Å². The topological polar surface area (TPSA) is 116 Å². The third-order valence-electron chi connectivity index (χ3n) is 5.23. The number of carbonyl (C=O) groups excluding carboxylic acids is 2. The molecule has 2 fully saturated rings. The maximum Gasteiger partial charge on any atom is 0.316 e. The van der Waals surface area contributed by atoms with Crippen LogP contribution in [0.3, 0.4) is 0 Å². The van der Waals surface area contributed by atoms with Crippen molar-refractivity contribution in [2.75, 3.05) is 17.2 Å². The molecule has 1 aromatic heterocycles. The Balaban J connectivity index is 1.24. The number of esters is 1. The lowest BCUT2D eigenvalue weighted by molar-refractivity contribution is -0.149. The van der Waals surface area contributed by atoms with Crippen molar-refractivity contribution in [3.8, 4) is 5.75 Å². The Kier molecular flexibility index (Phi) is 6.15. The van der Waals surface area contributed by atoms with E-state index in [2.05, 4.69) is 20.8 Å². The highest BCUT2D eigenvalue weighted by Crippen LogP contribution is 2.29. The highest BCUT2D eigenvalue weighted by atomic mass is 16.5. The maximum absolute atomic E-state index is 12.3. The molecule has 1 aromatic carbocycles. The highest BCUT2D eigenvalue weighted by molar-refractivity contribution is 6.00. The Morgan fingerprint density at radius 3 is 2.47 bits per heavy atom. The van der Waals surface area contributed by atoms with Gasteiger partial charge in [-0.15, -0.1) is 5.10 Å².